The lowest BCUT2D eigenvalue weighted by Crippen LogP contribution is -2.75. The summed E-state index contributed by atoms with van der Waals surface area (Å²) in [6, 6.07) is -0.878. The highest BCUT2D eigenvalue weighted by Crippen LogP contribution is 2.80. The molecule has 24 nitrogen and oxygen atoms in total. The van der Waals surface area contributed by atoms with Crippen molar-refractivity contribution in [2.75, 3.05) is 58.4 Å². The summed E-state index contributed by atoms with van der Waals surface area (Å²) in [6.07, 6.45) is -0.234. The van der Waals surface area contributed by atoms with Crippen LogP contribution in [-0.2, 0) is 25.5 Å². The van der Waals surface area contributed by atoms with E-state index in [1.54, 1.807) is 19.6 Å². The number of ether oxygens (including phenoxy) is 2. The molecule has 0 radical (unpaired) electrons. The maximum Gasteiger partial charge on any atom is 0.310 e. The number of aliphatic hydroxyl groups is 8. The summed E-state index contributed by atoms with van der Waals surface area (Å²) < 4.78 is 12.9. The summed E-state index contributed by atoms with van der Waals surface area (Å²) >= 11 is 0. The Kier molecular flexibility index (Phi) is 16.2. The van der Waals surface area contributed by atoms with Gasteiger partial charge in [-0.25, -0.2) is 9.97 Å². The largest absolute Gasteiger partial charge is 0.481 e. The van der Waals surface area contributed by atoms with Crippen LogP contribution < -0.4 is 32.7 Å². The number of aliphatic imine (C=N–C) groups is 1. The van der Waals surface area contributed by atoms with E-state index in [4.69, 9.17) is 25.9 Å². The molecule has 2 aromatic heterocycles. The second kappa shape index (κ2) is 22.6. The number of aliphatic carboxylic acids is 1. The van der Waals surface area contributed by atoms with Gasteiger partial charge in [-0.2, -0.15) is 0 Å². The molecule has 87 heavy (non-hydrogen) atoms. The van der Waals surface area contributed by atoms with Gasteiger partial charge in [0.15, 0.2) is 12.2 Å². The van der Waals surface area contributed by atoms with Crippen LogP contribution in [0.2, 0.25) is 0 Å². The van der Waals surface area contributed by atoms with Crippen LogP contribution >= 0.6 is 0 Å². The number of aromatic nitrogens is 4. The van der Waals surface area contributed by atoms with E-state index >= 15 is 4.79 Å². The normalized spacial score (nSPS) is 46.7. The minimum Gasteiger partial charge on any atom is -0.481 e. The Morgan fingerprint density at radius 2 is 1.74 bits per heavy atom. The second-order valence-electron chi connectivity index (χ2n) is 29.4. The zero-order valence-corrected chi connectivity index (χ0v) is 51.0. The Balaban J connectivity index is 1.07. The molecule has 2 saturated heterocycles. The van der Waals surface area contributed by atoms with Crippen molar-refractivity contribution in [2.24, 2.45) is 114 Å². The molecule has 480 valence electrons. The van der Waals surface area contributed by atoms with Gasteiger partial charge in [0.25, 0.3) is 0 Å². The number of guanidine groups is 1. The standard InChI is InChI=1S/C63H95N11O13/c1-57(26-75)14-15-63(55(84)85)37(21-57)33-18-30-9-10-31-8-7-12-62(31)35(44(74-54(62)83)43(40-24-68-28-71-40)45(78)32(51(64)82)22-67-16-17-69-56(65)66-6)19-36-46(79)50(87-53-48(81)47(80)41(77)25-86-53)58(2,27-76)42-11-13-59(3,49(30)60(36,42)4)61(33,5)34-20-39-52(73-29-72-39)70-23-38(34)63/h18,24,28-32,34-38,41-51,53,67,70,75-82H,7-8,11-17,19-23,25-27,64H2,1-6H3,(H,68,71)(H,72,73)(H,74,83)(H,84,85)(H3,65,66,69). The number of nitrogens with two attached hydrogens (primary N) is 2. The number of aliphatic hydroxyl groups excluding tert-OH is 8. The molecule has 5 heterocycles. The van der Waals surface area contributed by atoms with Crippen molar-refractivity contribution < 1.29 is 65.0 Å². The number of fused-ring (bicyclic) bond motifs is 8. The minimum absolute atomic E-state index is 0.0583. The van der Waals surface area contributed by atoms with Crippen LogP contribution in [0.1, 0.15) is 110 Å². The number of carboxylic acids is 1. The first kappa shape index (κ1) is 62.4. The second-order valence-corrected chi connectivity index (χ2v) is 29.4. The number of carbonyl (C=O) groups excluding carboxylic acids is 1. The van der Waals surface area contributed by atoms with Crippen LogP contribution in [0.4, 0.5) is 5.82 Å². The molecule has 7 fully saturated rings. The van der Waals surface area contributed by atoms with E-state index in [2.05, 4.69) is 86.8 Å². The van der Waals surface area contributed by atoms with E-state index in [0.29, 0.717) is 88.9 Å². The van der Waals surface area contributed by atoms with Crippen LogP contribution in [0.15, 0.2) is 35.5 Å². The average Bonchev–Trinajstić information content (AvgIpc) is 0.697. The van der Waals surface area contributed by atoms with E-state index in [-0.39, 0.29) is 44.0 Å². The molecule has 0 bridgehead atoms. The van der Waals surface area contributed by atoms with Gasteiger partial charge in [0.05, 0.1) is 60.7 Å². The van der Waals surface area contributed by atoms with Crippen molar-refractivity contribution in [1.82, 2.24) is 35.9 Å². The highest BCUT2D eigenvalue weighted by Gasteiger charge is 2.79. The Morgan fingerprint density at radius 1 is 0.954 bits per heavy atom. The quantitative estimate of drug-likeness (QED) is 0.0214. The number of hydrogen-bond acceptors (Lipinski definition) is 18. The molecule has 5 saturated carbocycles. The van der Waals surface area contributed by atoms with E-state index in [9.17, 15) is 50.8 Å². The Labute approximate surface area is 508 Å². The lowest BCUT2D eigenvalue weighted by atomic mass is 9.28. The molecule has 19 N–H and O–H groups in total. The van der Waals surface area contributed by atoms with E-state index < -0.39 is 165 Å². The van der Waals surface area contributed by atoms with Gasteiger partial charge >= 0.3 is 5.97 Å². The van der Waals surface area contributed by atoms with Crippen LogP contribution in [0.5, 0.6) is 0 Å². The first-order valence-corrected chi connectivity index (χ1v) is 31.9. The highest BCUT2D eigenvalue weighted by molar-refractivity contribution is 5.87. The minimum atomic E-state index is -1.73. The maximum absolute atomic E-state index is 15.9. The average molecular weight is 1210 g/mol. The molecule has 2 aromatic rings. The molecule has 27 atom stereocenters. The first-order valence-electron chi connectivity index (χ1n) is 31.9. The molecule has 0 aromatic carbocycles. The zero-order valence-electron chi connectivity index (χ0n) is 51.0. The lowest BCUT2D eigenvalue weighted by Gasteiger charge is -2.76. The number of aromatic amines is 2. The van der Waals surface area contributed by atoms with Crippen molar-refractivity contribution in [1.29, 1.82) is 0 Å². The number of anilines is 1. The molecule has 1 amide bonds. The van der Waals surface area contributed by atoms with Gasteiger partial charge in [-0.05, 0) is 121 Å². The number of rotatable bonds is 15. The molecule has 24 heteroatoms. The highest BCUT2D eigenvalue weighted by atomic mass is 16.7. The zero-order chi connectivity index (χ0) is 62.1. The smallest absolute Gasteiger partial charge is 0.310 e. The fourth-order valence-corrected chi connectivity index (χ4v) is 21.5. The number of allylic oxidation sites excluding steroid dienone is 2. The van der Waals surface area contributed by atoms with Gasteiger partial charge in [0, 0.05) is 86.9 Å². The van der Waals surface area contributed by atoms with Gasteiger partial charge in [0.1, 0.15) is 30.4 Å². The molecule has 12 rings (SSSR count). The van der Waals surface area contributed by atoms with Crippen LogP contribution in [-0.4, -0.2) is 192 Å². The topological polar surface area (TPSA) is 405 Å². The summed E-state index contributed by atoms with van der Waals surface area (Å²) in [5.74, 6) is 0.982. The maximum atomic E-state index is 15.9. The third-order valence-electron chi connectivity index (χ3n) is 25.9. The number of carbonyl (C=O) groups is 2. The third kappa shape index (κ3) is 9.07. The lowest BCUT2D eigenvalue weighted by molar-refractivity contribution is -0.343. The molecule has 3 aliphatic heterocycles. The number of imidazole rings is 2. The third-order valence-corrected chi connectivity index (χ3v) is 25.9. The predicted octanol–water partition coefficient (Wildman–Crippen LogP) is 0.101. The fourth-order valence-electron chi connectivity index (χ4n) is 21.5. The summed E-state index contributed by atoms with van der Waals surface area (Å²) in [6.45, 7) is 11.1. The van der Waals surface area contributed by atoms with Crippen LogP contribution in [0, 0.1) is 109 Å². The van der Waals surface area contributed by atoms with Gasteiger partial charge in [-0.15, -0.1) is 0 Å². The summed E-state index contributed by atoms with van der Waals surface area (Å²) in [5.41, 5.74) is 7.91. The van der Waals surface area contributed by atoms with Crippen molar-refractivity contribution in [3.05, 3.63) is 41.9 Å². The van der Waals surface area contributed by atoms with Gasteiger partial charge in [-0.1, -0.05) is 64.5 Å². The predicted molar refractivity (Wildman–Crippen MR) is 317 cm³/mol. The monoisotopic (exact) mass is 1210 g/mol. The fraction of sp³-hybridized carbons (Fsp3) is 0.794. The van der Waals surface area contributed by atoms with E-state index in [1.807, 2.05) is 6.92 Å². The molecule has 7 aliphatic carbocycles. The number of amides is 1. The SMILES string of the molecule is CN=C(N)NCCNCC(C(N)O)C(O)C(c1cnc[nH]1)C1NC(=O)C23CCCC2C#CC2C=C4C5CC(C)(CO)CCC5(C(=O)O)C5CNc6nc[nH]c6CC5C4(C)C4(C)CCC5C(C)(CO)C(OC6OCC(O)C(O)C6O)C(O)C(CC13)C5(C)C24. The van der Waals surface area contributed by atoms with Crippen LogP contribution in [0.3, 0.4) is 0 Å². The van der Waals surface area contributed by atoms with Crippen molar-refractivity contribution in [3.8, 4) is 11.8 Å². The Bertz CT molecular complexity index is 3030. The molecule has 10 aliphatic rings. The first-order chi connectivity index (χ1) is 41.4. The molecule has 1 spiro atoms. The van der Waals surface area contributed by atoms with Crippen molar-refractivity contribution in [2.45, 2.75) is 160 Å². The van der Waals surface area contributed by atoms with E-state index in [0.717, 1.165) is 11.3 Å². The number of nitrogens with zero attached hydrogens (tertiary/aromatic N) is 3. The Hall–Kier alpha value is -4.75. The molecular formula is C63H95N11O13. The molecular weight excluding hydrogens is 1120 g/mol. The number of carboxylic acid groups (broad SMARTS) is 1. The van der Waals surface area contributed by atoms with Gasteiger partial charge < -0.3 is 98.1 Å². The number of hydrogen-bond donors (Lipinski definition) is 17. The molecule has 27 unspecified atom stereocenters. The Morgan fingerprint density at radius 3 is 2.44 bits per heavy atom. The van der Waals surface area contributed by atoms with Crippen molar-refractivity contribution in [3.63, 3.8) is 0 Å². The van der Waals surface area contributed by atoms with E-state index in [1.165, 1.54) is 6.33 Å². The number of nitrogens with one attached hydrogen (secondary N) is 6. The summed E-state index contributed by atoms with van der Waals surface area (Å²) in [7, 11) is 1.57. The van der Waals surface area contributed by atoms with Gasteiger partial charge in [0.2, 0.25) is 5.91 Å². The summed E-state index contributed by atoms with van der Waals surface area (Å²) in [5, 5.41) is 121. The van der Waals surface area contributed by atoms with Crippen LogP contribution in [0.25, 0.3) is 0 Å². The van der Waals surface area contributed by atoms with Gasteiger partial charge in [-0.3, -0.25) is 14.6 Å². The number of H-pyrrole nitrogens is 2. The van der Waals surface area contributed by atoms with Crippen molar-refractivity contribution >= 4 is 23.7 Å². The summed E-state index contributed by atoms with van der Waals surface area (Å²) in [4.78, 5) is 50.4.